The van der Waals surface area contributed by atoms with E-state index in [1.54, 1.807) is 18.2 Å². The molecule has 2 rings (SSSR count). The number of nitrogens with two attached hydrogens (primary N) is 1. The average molecular weight is 310 g/mol. The van der Waals surface area contributed by atoms with Gasteiger partial charge in [0.1, 0.15) is 17.2 Å². The van der Waals surface area contributed by atoms with Crippen molar-refractivity contribution in [3.63, 3.8) is 0 Å². The zero-order chi connectivity index (χ0) is 15.6. The fraction of sp³-hybridized carbons (Fsp3) is 0.267. The molecule has 3 N–H and O–H groups in total. The van der Waals surface area contributed by atoms with Crippen molar-refractivity contribution in [1.82, 2.24) is 4.98 Å². The standard InChI is InChI=1S/C15H17ClFN3O/c1-15(2,3)21-14-11(18)5-7-13(20-14)19-12-6-4-9(17)8-10(12)16/h4-8H,18H2,1-3H3,(H,19,20). The number of pyridine rings is 1. The summed E-state index contributed by atoms with van der Waals surface area (Å²) in [4.78, 5) is 4.31. The lowest BCUT2D eigenvalue weighted by Crippen LogP contribution is -2.24. The van der Waals surface area contributed by atoms with Gasteiger partial charge < -0.3 is 15.8 Å². The van der Waals surface area contributed by atoms with Gasteiger partial charge in [-0.05, 0) is 51.1 Å². The van der Waals surface area contributed by atoms with Gasteiger partial charge in [-0.2, -0.15) is 4.98 Å². The van der Waals surface area contributed by atoms with Gasteiger partial charge in [-0.1, -0.05) is 11.6 Å². The average Bonchev–Trinajstić information content (AvgIpc) is 2.35. The van der Waals surface area contributed by atoms with Crippen molar-refractivity contribution in [1.29, 1.82) is 0 Å². The highest BCUT2D eigenvalue weighted by molar-refractivity contribution is 6.33. The van der Waals surface area contributed by atoms with Crippen LogP contribution in [0.1, 0.15) is 20.8 Å². The molecule has 0 radical (unpaired) electrons. The molecule has 6 heteroatoms. The predicted octanol–water partition coefficient (Wildman–Crippen LogP) is 4.38. The summed E-state index contributed by atoms with van der Waals surface area (Å²) >= 11 is 5.97. The molecular formula is C15H17ClFN3O. The molecule has 0 saturated heterocycles. The van der Waals surface area contributed by atoms with Gasteiger partial charge in [0, 0.05) is 0 Å². The predicted molar refractivity (Wildman–Crippen MR) is 83.7 cm³/mol. The molecule has 0 atom stereocenters. The van der Waals surface area contributed by atoms with E-state index in [1.807, 2.05) is 20.8 Å². The summed E-state index contributed by atoms with van der Waals surface area (Å²) in [5.41, 5.74) is 6.44. The Balaban J connectivity index is 2.26. The van der Waals surface area contributed by atoms with Crippen LogP contribution < -0.4 is 15.8 Å². The molecule has 4 nitrogen and oxygen atoms in total. The molecule has 0 aliphatic carbocycles. The molecule has 1 aromatic carbocycles. The number of ether oxygens (including phenoxy) is 1. The van der Waals surface area contributed by atoms with Gasteiger partial charge in [0.15, 0.2) is 0 Å². The van der Waals surface area contributed by atoms with Crippen LogP contribution in [-0.4, -0.2) is 10.6 Å². The van der Waals surface area contributed by atoms with E-state index in [9.17, 15) is 4.39 Å². The van der Waals surface area contributed by atoms with Crippen LogP contribution in [0.5, 0.6) is 5.88 Å². The van der Waals surface area contributed by atoms with E-state index < -0.39 is 11.4 Å². The first-order valence-corrected chi connectivity index (χ1v) is 6.80. The third-order valence-corrected chi connectivity index (χ3v) is 2.80. The van der Waals surface area contributed by atoms with Gasteiger partial charge in [0.2, 0.25) is 5.88 Å². The van der Waals surface area contributed by atoms with E-state index in [2.05, 4.69) is 10.3 Å². The Bertz CT molecular complexity index is 656. The van der Waals surface area contributed by atoms with Crippen LogP contribution in [0, 0.1) is 5.82 Å². The molecule has 0 amide bonds. The maximum absolute atomic E-state index is 13.0. The van der Waals surface area contributed by atoms with Crippen molar-refractivity contribution >= 4 is 28.8 Å². The second-order valence-electron chi connectivity index (χ2n) is 5.55. The number of halogens is 2. The summed E-state index contributed by atoms with van der Waals surface area (Å²) in [6.07, 6.45) is 0. The molecule has 0 spiro atoms. The van der Waals surface area contributed by atoms with E-state index in [1.165, 1.54) is 12.1 Å². The Morgan fingerprint density at radius 1 is 1.24 bits per heavy atom. The molecule has 2 aromatic rings. The van der Waals surface area contributed by atoms with E-state index in [0.29, 0.717) is 23.1 Å². The van der Waals surface area contributed by atoms with Gasteiger partial charge in [0.25, 0.3) is 0 Å². The molecule has 21 heavy (non-hydrogen) atoms. The highest BCUT2D eigenvalue weighted by atomic mass is 35.5. The van der Waals surface area contributed by atoms with Crippen LogP contribution in [0.2, 0.25) is 5.02 Å². The first-order chi connectivity index (χ1) is 9.74. The lowest BCUT2D eigenvalue weighted by Gasteiger charge is -2.21. The Hall–Kier alpha value is -2.01. The summed E-state index contributed by atoms with van der Waals surface area (Å²) in [7, 11) is 0. The molecular weight excluding hydrogens is 293 g/mol. The zero-order valence-corrected chi connectivity index (χ0v) is 12.8. The van der Waals surface area contributed by atoms with Crippen LogP contribution in [0.4, 0.5) is 21.6 Å². The molecule has 112 valence electrons. The van der Waals surface area contributed by atoms with Gasteiger partial charge in [-0.15, -0.1) is 0 Å². The van der Waals surface area contributed by atoms with Gasteiger partial charge in [-0.3, -0.25) is 0 Å². The van der Waals surface area contributed by atoms with Gasteiger partial charge in [0.05, 0.1) is 16.4 Å². The third-order valence-electron chi connectivity index (χ3n) is 2.49. The van der Waals surface area contributed by atoms with Crippen molar-refractivity contribution < 1.29 is 9.13 Å². The number of hydrogen-bond acceptors (Lipinski definition) is 4. The zero-order valence-electron chi connectivity index (χ0n) is 12.1. The molecule has 0 saturated carbocycles. The number of benzene rings is 1. The normalized spacial score (nSPS) is 11.3. The van der Waals surface area contributed by atoms with Crippen LogP contribution in [-0.2, 0) is 0 Å². The van der Waals surface area contributed by atoms with E-state index in [4.69, 9.17) is 22.1 Å². The maximum atomic E-state index is 13.0. The van der Waals surface area contributed by atoms with E-state index in [-0.39, 0.29) is 5.02 Å². The van der Waals surface area contributed by atoms with Crippen LogP contribution in [0.25, 0.3) is 0 Å². The number of hydrogen-bond donors (Lipinski definition) is 2. The Morgan fingerprint density at radius 3 is 2.57 bits per heavy atom. The SMILES string of the molecule is CC(C)(C)Oc1nc(Nc2ccc(F)cc2Cl)ccc1N. The molecule has 0 bridgehead atoms. The Morgan fingerprint density at radius 2 is 1.95 bits per heavy atom. The largest absolute Gasteiger partial charge is 0.470 e. The third kappa shape index (κ3) is 4.23. The lowest BCUT2D eigenvalue weighted by atomic mass is 10.2. The quantitative estimate of drug-likeness (QED) is 0.883. The second kappa shape index (κ2) is 5.77. The number of nitrogens with zero attached hydrogens (tertiary/aromatic N) is 1. The fourth-order valence-electron chi connectivity index (χ4n) is 1.62. The summed E-state index contributed by atoms with van der Waals surface area (Å²) < 4.78 is 18.7. The summed E-state index contributed by atoms with van der Waals surface area (Å²) in [6, 6.07) is 7.48. The van der Waals surface area contributed by atoms with Crippen LogP contribution in [0.3, 0.4) is 0 Å². The minimum atomic E-state index is -0.409. The molecule has 0 aliphatic rings. The fourth-order valence-corrected chi connectivity index (χ4v) is 1.84. The van der Waals surface area contributed by atoms with Crippen molar-refractivity contribution in [3.05, 3.63) is 41.2 Å². The molecule has 1 heterocycles. The topological polar surface area (TPSA) is 60.2 Å². The van der Waals surface area contributed by atoms with Crippen molar-refractivity contribution in [3.8, 4) is 5.88 Å². The second-order valence-corrected chi connectivity index (χ2v) is 5.96. The number of anilines is 3. The van der Waals surface area contributed by atoms with Crippen LogP contribution >= 0.6 is 11.6 Å². The molecule has 1 aromatic heterocycles. The monoisotopic (exact) mass is 309 g/mol. The summed E-state index contributed by atoms with van der Waals surface area (Å²) in [5.74, 6) is 0.454. The smallest absolute Gasteiger partial charge is 0.239 e. The first-order valence-electron chi connectivity index (χ1n) is 6.42. The minimum absolute atomic E-state index is 0.270. The van der Waals surface area contributed by atoms with Crippen molar-refractivity contribution in [2.45, 2.75) is 26.4 Å². The van der Waals surface area contributed by atoms with Gasteiger partial charge in [-0.25, -0.2) is 4.39 Å². The summed E-state index contributed by atoms with van der Waals surface area (Å²) in [5, 5.41) is 3.28. The van der Waals surface area contributed by atoms with Crippen LogP contribution in [0.15, 0.2) is 30.3 Å². The van der Waals surface area contributed by atoms with E-state index in [0.717, 1.165) is 0 Å². The number of aromatic nitrogens is 1. The highest BCUT2D eigenvalue weighted by Crippen LogP contribution is 2.29. The van der Waals surface area contributed by atoms with Crippen molar-refractivity contribution in [2.24, 2.45) is 0 Å². The number of nitrogens with one attached hydrogen (secondary N) is 1. The molecule has 0 unspecified atom stereocenters. The number of rotatable bonds is 3. The minimum Gasteiger partial charge on any atom is -0.470 e. The maximum Gasteiger partial charge on any atom is 0.239 e. The molecule has 0 fully saturated rings. The Kier molecular flexibility index (Phi) is 4.23. The van der Waals surface area contributed by atoms with E-state index >= 15 is 0 Å². The Labute approximate surface area is 128 Å². The lowest BCUT2D eigenvalue weighted by molar-refractivity contribution is 0.125. The molecule has 0 aliphatic heterocycles. The van der Waals surface area contributed by atoms with Crippen molar-refractivity contribution in [2.75, 3.05) is 11.1 Å². The highest BCUT2D eigenvalue weighted by Gasteiger charge is 2.15. The number of nitrogen functional groups attached to an aromatic ring is 1. The summed E-state index contributed by atoms with van der Waals surface area (Å²) in [6.45, 7) is 5.72. The first kappa shape index (κ1) is 15.4. The van der Waals surface area contributed by atoms with Gasteiger partial charge >= 0.3 is 0 Å².